The van der Waals surface area contributed by atoms with Gasteiger partial charge in [0.05, 0.1) is 17.4 Å². The van der Waals surface area contributed by atoms with Crippen molar-refractivity contribution in [1.29, 1.82) is 0 Å². The van der Waals surface area contributed by atoms with Gasteiger partial charge in [0.15, 0.2) is 9.73 Å². The fraction of sp³-hybridized carbons (Fsp3) is 0.100. The fourth-order valence-corrected chi connectivity index (χ4v) is 4.38. The second kappa shape index (κ2) is 7.09. The summed E-state index contributed by atoms with van der Waals surface area (Å²) in [7, 11) is 1.97. The molecule has 0 spiro atoms. The lowest BCUT2D eigenvalue weighted by atomic mass is 10.2. The van der Waals surface area contributed by atoms with Crippen LogP contribution < -0.4 is 10.1 Å². The van der Waals surface area contributed by atoms with Crippen molar-refractivity contribution in [1.82, 2.24) is 24.5 Å². The van der Waals surface area contributed by atoms with E-state index in [1.54, 1.807) is 6.33 Å². The summed E-state index contributed by atoms with van der Waals surface area (Å²) in [5.41, 5.74) is 4.62. The molecule has 0 radical (unpaired) electrons. The molecule has 0 fully saturated rings. The van der Waals surface area contributed by atoms with Crippen LogP contribution in [-0.4, -0.2) is 24.5 Å². The Morgan fingerprint density at radius 3 is 2.86 bits per heavy atom. The summed E-state index contributed by atoms with van der Waals surface area (Å²) >= 11 is 4.88. The highest BCUT2D eigenvalue weighted by Gasteiger charge is 2.11. The molecule has 0 atom stereocenters. The van der Waals surface area contributed by atoms with Crippen molar-refractivity contribution >= 4 is 60.2 Å². The number of ether oxygens (including phenoxy) is 1. The van der Waals surface area contributed by atoms with Gasteiger partial charge in [-0.1, -0.05) is 11.3 Å². The SMILES string of the molecule is Cc1cc(Nc2ncnc3sc(Br)nc23)ccc1Oc1ccc2c(c1)ncn2C. The third kappa shape index (κ3) is 3.43. The Morgan fingerprint density at radius 2 is 2.00 bits per heavy atom. The van der Waals surface area contributed by atoms with Crippen LogP contribution in [0, 0.1) is 6.92 Å². The van der Waals surface area contributed by atoms with Gasteiger partial charge in [-0.2, -0.15) is 0 Å². The number of aryl methyl sites for hydroxylation is 2. The lowest BCUT2D eigenvalue weighted by molar-refractivity contribution is 0.479. The fourth-order valence-electron chi connectivity index (χ4n) is 3.10. The second-order valence-corrected chi connectivity index (χ2v) is 8.81. The minimum Gasteiger partial charge on any atom is -0.457 e. The first-order valence-electron chi connectivity index (χ1n) is 8.80. The second-order valence-electron chi connectivity index (χ2n) is 6.56. The van der Waals surface area contributed by atoms with Crippen LogP contribution in [-0.2, 0) is 7.05 Å². The minimum atomic E-state index is 0.672. The molecule has 2 aromatic carbocycles. The summed E-state index contributed by atoms with van der Waals surface area (Å²) in [4.78, 5) is 18.2. The van der Waals surface area contributed by atoms with Crippen molar-refractivity contribution in [3.63, 3.8) is 0 Å². The van der Waals surface area contributed by atoms with Crippen molar-refractivity contribution < 1.29 is 4.74 Å². The van der Waals surface area contributed by atoms with E-state index in [0.717, 1.165) is 48.0 Å². The van der Waals surface area contributed by atoms with Gasteiger partial charge < -0.3 is 14.6 Å². The van der Waals surface area contributed by atoms with Crippen LogP contribution in [0.4, 0.5) is 11.5 Å². The molecule has 5 aromatic rings. The van der Waals surface area contributed by atoms with Crippen LogP contribution in [0.1, 0.15) is 5.56 Å². The number of imidazole rings is 1. The minimum absolute atomic E-state index is 0.672. The number of fused-ring (bicyclic) bond motifs is 2. The average Bonchev–Trinajstić information content (AvgIpc) is 3.26. The highest BCUT2D eigenvalue weighted by Crippen LogP contribution is 2.32. The van der Waals surface area contributed by atoms with E-state index in [-0.39, 0.29) is 0 Å². The number of thiazole rings is 1. The molecule has 0 aliphatic heterocycles. The van der Waals surface area contributed by atoms with E-state index in [1.165, 1.54) is 17.7 Å². The molecule has 0 unspecified atom stereocenters. The summed E-state index contributed by atoms with van der Waals surface area (Å²) < 4.78 is 8.85. The van der Waals surface area contributed by atoms with Crippen LogP contribution in [0.2, 0.25) is 0 Å². The van der Waals surface area contributed by atoms with Gasteiger partial charge in [0.1, 0.15) is 28.2 Å². The molecule has 1 N–H and O–H groups in total. The number of hydrogen-bond donors (Lipinski definition) is 1. The molecule has 9 heteroatoms. The monoisotopic (exact) mass is 466 g/mol. The molecule has 0 bridgehead atoms. The zero-order valence-corrected chi connectivity index (χ0v) is 18.0. The molecule has 29 heavy (non-hydrogen) atoms. The van der Waals surface area contributed by atoms with Crippen molar-refractivity contribution in [3.8, 4) is 11.5 Å². The Bertz CT molecular complexity index is 1360. The zero-order valence-electron chi connectivity index (χ0n) is 15.5. The number of aromatic nitrogens is 5. The lowest BCUT2D eigenvalue weighted by Crippen LogP contribution is -1.96. The maximum atomic E-state index is 6.09. The van der Waals surface area contributed by atoms with Crippen LogP contribution in [0.25, 0.3) is 21.4 Å². The first-order valence-corrected chi connectivity index (χ1v) is 10.4. The number of nitrogens with zero attached hydrogens (tertiary/aromatic N) is 5. The zero-order chi connectivity index (χ0) is 20.0. The molecule has 5 rings (SSSR count). The Labute approximate surface area is 178 Å². The highest BCUT2D eigenvalue weighted by atomic mass is 79.9. The molecule has 3 heterocycles. The smallest absolute Gasteiger partial charge is 0.161 e. The Balaban J connectivity index is 1.40. The average molecular weight is 467 g/mol. The van der Waals surface area contributed by atoms with Crippen LogP contribution in [0.3, 0.4) is 0 Å². The molecule has 0 amide bonds. The van der Waals surface area contributed by atoms with Gasteiger partial charge in [-0.05, 0) is 58.7 Å². The normalized spacial score (nSPS) is 11.3. The predicted molar refractivity (Wildman–Crippen MR) is 118 cm³/mol. The van der Waals surface area contributed by atoms with E-state index in [9.17, 15) is 0 Å². The van der Waals surface area contributed by atoms with E-state index in [2.05, 4.69) is 41.2 Å². The third-order valence-electron chi connectivity index (χ3n) is 4.53. The van der Waals surface area contributed by atoms with Gasteiger partial charge >= 0.3 is 0 Å². The Morgan fingerprint density at radius 1 is 1.10 bits per heavy atom. The molecular weight excluding hydrogens is 452 g/mol. The molecule has 0 aliphatic carbocycles. The van der Waals surface area contributed by atoms with Crippen molar-refractivity contribution in [2.75, 3.05) is 5.32 Å². The Hall–Kier alpha value is -3.04. The van der Waals surface area contributed by atoms with Gasteiger partial charge in [-0.15, -0.1) is 0 Å². The number of rotatable bonds is 4. The Kier molecular flexibility index (Phi) is 4.40. The lowest BCUT2D eigenvalue weighted by Gasteiger charge is -2.12. The topological polar surface area (TPSA) is 77.8 Å². The number of nitrogens with one attached hydrogen (secondary N) is 1. The molecule has 0 saturated carbocycles. The van der Waals surface area contributed by atoms with Crippen molar-refractivity contribution in [2.45, 2.75) is 6.92 Å². The van der Waals surface area contributed by atoms with Crippen LogP contribution in [0.15, 0.2) is 53.0 Å². The van der Waals surface area contributed by atoms with Gasteiger partial charge in [-0.25, -0.2) is 19.9 Å². The summed E-state index contributed by atoms with van der Waals surface area (Å²) in [6, 6.07) is 11.8. The van der Waals surface area contributed by atoms with Gasteiger partial charge in [0.2, 0.25) is 0 Å². The summed E-state index contributed by atoms with van der Waals surface area (Å²) in [6.07, 6.45) is 3.33. The number of anilines is 2. The van der Waals surface area contributed by atoms with Gasteiger partial charge in [0.25, 0.3) is 0 Å². The summed E-state index contributed by atoms with van der Waals surface area (Å²) in [5, 5.41) is 3.32. The van der Waals surface area contributed by atoms with E-state index >= 15 is 0 Å². The molecule has 144 valence electrons. The van der Waals surface area contributed by atoms with Gasteiger partial charge in [-0.3, -0.25) is 0 Å². The van der Waals surface area contributed by atoms with E-state index in [0.29, 0.717) is 5.82 Å². The molecule has 7 nitrogen and oxygen atoms in total. The number of halogens is 1. The molecular formula is C20H15BrN6OS. The molecule has 0 aliphatic rings. The predicted octanol–water partition coefficient (Wildman–Crippen LogP) is 5.58. The van der Waals surface area contributed by atoms with E-state index in [4.69, 9.17) is 4.74 Å². The quantitative estimate of drug-likeness (QED) is 0.372. The summed E-state index contributed by atoms with van der Waals surface area (Å²) in [5.74, 6) is 2.21. The third-order valence-corrected chi connectivity index (χ3v) is 5.95. The first-order chi connectivity index (χ1) is 14.1. The first kappa shape index (κ1) is 18.0. The maximum absolute atomic E-state index is 6.09. The van der Waals surface area contributed by atoms with Crippen molar-refractivity contribution in [2.24, 2.45) is 7.05 Å². The standard InChI is InChI=1S/C20H15BrN6OS/c1-11-7-12(25-18-17-19(23-9-22-18)29-20(21)26-17)3-6-16(11)28-13-4-5-15-14(8-13)24-10-27(15)2/h3-10H,1-2H3,(H,22,23,25). The maximum Gasteiger partial charge on any atom is 0.161 e. The van der Waals surface area contributed by atoms with Crippen LogP contribution in [0.5, 0.6) is 11.5 Å². The number of benzene rings is 2. The highest BCUT2D eigenvalue weighted by molar-refractivity contribution is 9.11. The van der Waals surface area contributed by atoms with Crippen LogP contribution >= 0.6 is 27.3 Å². The molecule has 0 saturated heterocycles. The summed E-state index contributed by atoms with van der Waals surface area (Å²) in [6.45, 7) is 2.01. The van der Waals surface area contributed by atoms with Gasteiger partial charge in [0, 0.05) is 18.8 Å². The van der Waals surface area contributed by atoms with E-state index in [1.807, 2.05) is 54.9 Å². The largest absolute Gasteiger partial charge is 0.457 e. The van der Waals surface area contributed by atoms with Crippen molar-refractivity contribution in [3.05, 3.63) is 58.5 Å². The molecule has 3 aromatic heterocycles. The van der Waals surface area contributed by atoms with E-state index < -0.39 is 0 Å². The number of hydrogen-bond acceptors (Lipinski definition) is 7.